The second-order valence-corrected chi connectivity index (χ2v) is 5.22. The lowest BCUT2D eigenvalue weighted by molar-refractivity contribution is -0.134. The summed E-state index contributed by atoms with van der Waals surface area (Å²) < 4.78 is 1.59. The number of fused-ring (bicyclic) bond motifs is 1. The van der Waals surface area contributed by atoms with Crippen LogP contribution in [0.4, 0.5) is 0 Å². The Kier molecular flexibility index (Phi) is 3.33. The molecule has 1 amide bonds. The van der Waals surface area contributed by atoms with Crippen molar-refractivity contribution in [3.8, 4) is 0 Å². The Morgan fingerprint density at radius 3 is 2.88 bits per heavy atom. The van der Waals surface area contributed by atoms with Crippen molar-refractivity contribution in [2.45, 2.75) is 32.0 Å². The second kappa shape index (κ2) is 4.61. The number of rotatable bonds is 1. The van der Waals surface area contributed by atoms with Crippen molar-refractivity contribution in [2.75, 3.05) is 14.1 Å². The van der Waals surface area contributed by atoms with E-state index >= 15 is 0 Å². The predicted molar refractivity (Wildman–Crippen MR) is 67.9 cm³/mol. The number of hydrogen-bond donors (Lipinski definition) is 0. The Morgan fingerprint density at radius 1 is 1.53 bits per heavy atom. The summed E-state index contributed by atoms with van der Waals surface area (Å²) in [6.07, 6.45) is 7.06. The molecular formula is C12H18ClN3O. The lowest BCUT2D eigenvalue weighted by Gasteiger charge is -2.46. The highest BCUT2D eigenvalue weighted by atomic mass is 35.5. The van der Waals surface area contributed by atoms with Crippen molar-refractivity contribution < 1.29 is 4.79 Å². The molecule has 0 N–H and O–H groups in total. The molecule has 94 valence electrons. The van der Waals surface area contributed by atoms with Crippen molar-refractivity contribution in [1.29, 1.82) is 0 Å². The van der Waals surface area contributed by atoms with Gasteiger partial charge in [0.25, 0.3) is 0 Å². The van der Waals surface area contributed by atoms with Crippen LogP contribution in [0.3, 0.4) is 0 Å². The quantitative estimate of drug-likeness (QED) is 0.668. The molecule has 2 unspecified atom stereocenters. The van der Waals surface area contributed by atoms with E-state index in [0.29, 0.717) is 0 Å². The summed E-state index contributed by atoms with van der Waals surface area (Å²) in [5.41, 5.74) is 1.18. The number of amides is 1. The van der Waals surface area contributed by atoms with Gasteiger partial charge in [-0.1, -0.05) is 0 Å². The van der Waals surface area contributed by atoms with E-state index in [4.69, 9.17) is 11.8 Å². The Balaban J connectivity index is 2.36. The highest BCUT2D eigenvalue weighted by molar-refractivity contribution is 6.15. The number of piperidine rings is 1. The number of nitrogens with zero attached hydrogens (tertiary/aromatic N) is 3. The predicted octanol–water partition coefficient (Wildman–Crippen LogP) is 1.75. The third-order valence-electron chi connectivity index (χ3n) is 3.19. The molecule has 0 aromatic heterocycles. The molecule has 5 heteroatoms. The molecule has 0 saturated carbocycles. The molecule has 0 bridgehead atoms. The second-order valence-electron chi connectivity index (χ2n) is 4.83. The average Bonchev–Trinajstić information content (AvgIpc) is 2.25. The Morgan fingerprint density at radius 2 is 2.24 bits per heavy atom. The third kappa shape index (κ3) is 2.27. The van der Waals surface area contributed by atoms with Crippen LogP contribution in [-0.2, 0) is 4.79 Å². The first-order chi connectivity index (χ1) is 8.00. The average molecular weight is 256 g/mol. The molecule has 1 saturated heterocycles. The van der Waals surface area contributed by atoms with Crippen LogP contribution in [0.5, 0.6) is 0 Å². The third-order valence-corrected chi connectivity index (χ3v) is 3.49. The summed E-state index contributed by atoms with van der Waals surface area (Å²) in [4.78, 5) is 15.8. The molecule has 2 atom stereocenters. The molecule has 2 heterocycles. The minimum Gasteiger partial charge on any atom is -0.383 e. The molecule has 0 spiro atoms. The van der Waals surface area contributed by atoms with E-state index < -0.39 is 0 Å². The van der Waals surface area contributed by atoms with Crippen molar-refractivity contribution in [1.82, 2.24) is 14.2 Å². The van der Waals surface area contributed by atoms with Gasteiger partial charge < -0.3 is 9.80 Å². The summed E-state index contributed by atoms with van der Waals surface area (Å²) in [7, 11) is 3.96. The molecule has 0 aliphatic carbocycles. The zero-order valence-electron chi connectivity index (χ0n) is 10.4. The zero-order chi connectivity index (χ0) is 12.6. The summed E-state index contributed by atoms with van der Waals surface area (Å²) in [6.45, 7) is 2.07. The van der Waals surface area contributed by atoms with Gasteiger partial charge >= 0.3 is 0 Å². The fraction of sp³-hybridized carbons (Fsp3) is 0.583. The van der Waals surface area contributed by atoms with Crippen LogP contribution in [-0.4, -0.2) is 46.4 Å². The molecular weight excluding hydrogens is 238 g/mol. The van der Waals surface area contributed by atoms with Gasteiger partial charge in [0.2, 0.25) is 5.91 Å². The van der Waals surface area contributed by atoms with Gasteiger partial charge in [-0.15, -0.1) is 0 Å². The highest BCUT2D eigenvalue weighted by Crippen LogP contribution is 2.33. The van der Waals surface area contributed by atoms with Crippen molar-refractivity contribution in [3.63, 3.8) is 0 Å². The molecule has 2 aliphatic heterocycles. The highest BCUT2D eigenvalue weighted by Gasteiger charge is 2.38. The summed E-state index contributed by atoms with van der Waals surface area (Å²) in [5, 5.41) is 0. The smallest absolute Gasteiger partial charge is 0.250 e. The first-order valence-electron chi connectivity index (χ1n) is 5.82. The van der Waals surface area contributed by atoms with Crippen LogP contribution >= 0.6 is 11.8 Å². The largest absolute Gasteiger partial charge is 0.383 e. The molecule has 17 heavy (non-hydrogen) atoms. The van der Waals surface area contributed by atoms with Gasteiger partial charge in [0.05, 0.1) is 0 Å². The van der Waals surface area contributed by atoms with Gasteiger partial charge in [-0.25, -0.2) is 0 Å². The standard InChI is InChI=1S/C12H18ClN3O/c1-9-4-5-10(8-14(2)3)12-15(13)7-6-11(17)16(9)12/h6-9,12H,4-5H2,1-3H3. The summed E-state index contributed by atoms with van der Waals surface area (Å²) in [5.74, 6) is 0.0451. The van der Waals surface area contributed by atoms with Crippen LogP contribution < -0.4 is 0 Å². The first kappa shape index (κ1) is 12.3. The fourth-order valence-electron chi connectivity index (χ4n) is 2.44. The SMILES string of the molecule is CC1CCC(=CN(C)C)C2N(Cl)C=CC(=O)N12. The maximum Gasteiger partial charge on any atom is 0.250 e. The van der Waals surface area contributed by atoms with Gasteiger partial charge in [-0.2, -0.15) is 0 Å². The molecule has 2 aliphatic rings. The van der Waals surface area contributed by atoms with Gasteiger partial charge in [0.1, 0.15) is 6.17 Å². The molecule has 2 rings (SSSR count). The van der Waals surface area contributed by atoms with E-state index in [2.05, 4.69) is 13.1 Å². The van der Waals surface area contributed by atoms with Crippen molar-refractivity contribution in [3.05, 3.63) is 24.0 Å². The number of carbonyl (C=O) groups excluding carboxylic acids is 1. The van der Waals surface area contributed by atoms with Crippen LogP contribution in [0.15, 0.2) is 24.0 Å². The first-order valence-corrected chi connectivity index (χ1v) is 6.16. The van der Waals surface area contributed by atoms with E-state index in [1.807, 2.05) is 23.9 Å². The molecule has 0 aromatic carbocycles. The lowest BCUT2D eigenvalue weighted by Crippen LogP contribution is -2.56. The van der Waals surface area contributed by atoms with Gasteiger partial charge in [-0.3, -0.25) is 9.21 Å². The van der Waals surface area contributed by atoms with E-state index in [1.54, 1.807) is 10.6 Å². The maximum absolute atomic E-state index is 11.9. The summed E-state index contributed by atoms with van der Waals surface area (Å²) >= 11 is 6.19. The monoisotopic (exact) mass is 255 g/mol. The molecule has 0 aromatic rings. The number of carbonyl (C=O) groups is 1. The van der Waals surface area contributed by atoms with Gasteiger partial charge in [0.15, 0.2) is 0 Å². The summed E-state index contributed by atoms with van der Waals surface area (Å²) in [6, 6.07) is 0.234. The van der Waals surface area contributed by atoms with Crippen LogP contribution in [0.25, 0.3) is 0 Å². The van der Waals surface area contributed by atoms with Crippen LogP contribution in [0.1, 0.15) is 19.8 Å². The van der Waals surface area contributed by atoms with Crippen molar-refractivity contribution >= 4 is 17.7 Å². The molecule has 1 fully saturated rings. The Labute approximate surface area is 107 Å². The Bertz CT molecular complexity index is 378. The van der Waals surface area contributed by atoms with Crippen molar-refractivity contribution in [2.24, 2.45) is 0 Å². The maximum atomic E-state index is 11.9. The fourth-order valence-corrected chi connectivity index (χ4v) is 2.72. The molecule has 0 radical (unpaired) electrons. The number of halogens is 1. The minimum absolute atomic E-state index is 0.0451. The van der Waals surface area contributed by atoms with Crippen LogP contribution in [0.2, 0.25) is 0 Å². The molecule has 4 nitrogen and oxygen atoms in total. The lowest BCUT2D eigenvalue weighted by atomic mass is 9.95. The van der Waals surface area contributed by atoms with E-state index in [1.165, 1.54) is 11.6 Å². The van der Waals surface area contributed by atoms with Crippen LogP contribution in [0, 0.1) is 0 Å². The van der Waals surface area contributed by atoms with Gasteiger partial charge in [-0.05, 0) is 25.3 Å². The van der Waals surface area contributed by atoms with E-state index in [-0.39, 0.29) is 18.1 Å². The normalized spacial score (nSPS) is 30.8. The van der Waals surface area contributed by atoms with Gasteiger partial charge in [0, 0.05) is 50.4 Å². The zero-order valence-corrected chi connectivity index (χ0v) is 11.2. The topological polar surface area (TPSA) is 26.8 Å². The minimum atomic E-state index is -0.139. The number of hydrogen-bond acceptors (Lipinski definition) is 3. The van der Waals surface area contributed by atoms with E-state index in [9.17, 15) is 4.79 Å². The Hall–Kier alpha value is -1.16. The van der Waals surface area contributed by atoms with E-state index in [0.717, 1.165) is 12.8 Å².